The summed E-state index contributed by atoms with van der Waals surface area (Å²) in [6.45, 7) is 1.82. The van der Waals surface area contributed by atoms with Gasteiger partial charge in [0, 0.05) is 11.1 Å². The first-order chi connectivity index (χ1) is 7.74. The molecule has 0 N–H and O–H groups in total. The van der Waals surface area contributed by atoms with E-state index in [1.165, 1.54) is 6.07 Å². The number of rotatable bonds is 2. The monoisotopic (exact) mass is 214 g/mol. The minimum atomic E-state index is -0.270. The number of carbonyl (C=O) groups excluding carboxylic acids is 1. The van der Waals surface area contributed by atoms with Gasteiger partial charge in [0.1, 0.15) is 12.1 Å². The smallest absolute Gasteiger partial charge is 0.150 e. The van der Waals surface area contributed by atoms with Crippen LogP contribution in [0.3, 0.4) is 0 Å². The maximum absolute atomic E-state index is 13.6. The Kier molecular flexibility index (Phi) is 2.82. The predicted octanol–water partition coefficient (Wildman–Crippen LogP) is 3.61. The van der Waals surface area contributed by atoms with E-state index in [0.717, 1.165) is 17.4 Å². The predicted molar refractivity (Wildman–Crippen MR) is 62.0 cm³/mol. The van der Waals surface area contributed by atoms with Crippen LogP contribution in [0.15, 0.2) is 42.5 Å². The fraction of sp³-hybridized carbons (Fsp3) is 0.0714. The van der Waals surface area contributed by atoms with Crippen LogP contribution in [0.1, 0.15) is 15.9 Å². The Balaban J connectivity index is 2.65. The lowest BCUT2D eigenvalue weighted by Crippen LogP contribution is -1.92. The molecule has 0 saturated carbocycles. The van der Waals surface area contributed by atoms with Gasteiger partial charge in [-0.15, -0.1) is 0 Å². The van der Waals surface area contributed by atoms with Crippen LogP contribution in [0.2, 0.25) is 0 Å². The van der Waals surface area contributed by atoms with Gasteiger partial charge in [0.25, 0.3) is 0 Å². The second kappa shape index (κ2) is 4.27. The molecule has 0 aromatic heterocycles. The molecule has 1 nitrogen and oxygen atoms in total. The van der Waals surface area contributed by atoms with Gasteiger partial charge >= 0.3 is 0 Å². The summed E-state index contributed by atoms with van der Waals surface area (Å²) in [4.78, 5) is 10.8. The van der Waals surface area contributed by atoms with Crippen molar-refractivity contribution in [2.75, 3.05) is 0 Å². The van der Waals surface area contributed by atoms with Crippen LogP contribution in [0.25, 0.3) is 11.1 Å². The number of aldehydes is 1. The topological polar surface area (TPSA) is 17.1 Å². The summed E-state index contributed by atoms with van der Waals surface area (Å²) in [6.07, 6.45) is 0.791. The molecule has 2 aromatic rings. The first-order valence-electron chi connectivity index (χ1n) is 5.03. The van der Waals surface area contributed by atoms with E-state index in [9.17, 15) is 9.18 Å². The van der Waals surface area contributed by atoms with Crippen LogP contribution >= 0.6 is 0 Å². The fourth-order valence-corrected chi connectivity index (χ4v) is 1.75. The molecule has 0 aliphatic carbocycles. The molecule has 0 amide bonds. The van der Waals surface area contributed by atoms with Crippen molar-refractivity contribution in [3.05, 3.63) is 59.4 Å². The molecule has 0 unspecified atom stereocenters. The Bertz CT molecular complexity index is 532. The molecule has 2 rings (SSSR count). The number of benzene rings is 2. The van der Waals surface area contributed by atoms with Crippen LogP contribution in [-0.4, -0.2) is 6.29 Å². The van der Waals surface area contributed by atoms with E-state index in [4.69, 9.17) is 0 Å². The number of halogens is 1. The second-order valence-corrected chi connectivity index (χ2v) is 3.62. The molecule has 0 bridgehead atoms. The zero-order valence-electron chi connectivity index (χ0n) is 8.91. The van der Waals surface area contributed by atoms with Crippen LogP contribution in [0.5, 0.6) is 0 Å². The van der Waals surface area contributed by atoms with E-state index in [2.05, 4.69) is 0 Å². The summed E-state index contributed by atoms with van der Waals surface area (Å²) in [5, 5.41) is 0. The van der Waals surface area contributed by atoms with Crippen molar-refractivity contribution in [1.82, 2.24) is 0 Å². The van der Waals surface area contributed by atoms with Gasteiger partial charge in [-0.3, -0.25) is 4.79 Å². The molecule has 16 heavy (non-hydrogen) atoms. The van der Waals surface area contributed by atoms with Crippen LogP contribution < -0.4 is 0 Å². The molecule has 0 fully saturated rings. The molecular weight excluding hydrogens is 203 g/mol. The fourth-order valence-electron chi connectivity index (χ4n) is 1.75. The first kappa shape index (κ1) is 10.6. The lowest BCUT2D eigenvalue weighted by atomic mass is 9.97. The Morgan fingerprint density at radius 2 is 1.69 bits per heavy atom. The van der Waals surface area contributed by atoms with Crippen molar-refractivity contribution in [2.45, 2.75) is 6.92 Å². The van der Waals surface area contributed by atoms with Crippen molar-refractivity contribution < 1.29 is 9.18 Å². The van der Waals surface area contributed by atoms with E-state index in [1.54, 1.807) is 30.3 Å². The van der Waals surface area contributed by atoms with Gasteiger partial charge in [0.05, 0.1) is 0 Å². The van der Waals surface area contributed by atoms with Gasteiger partial charge in [-0.1, -0.05) is 36.4 Å². The third-order valence-electron chi connectivity index (χ3n) is 2.67. The normalized spacial score (nSPS) is 10.1. The van der Waals surface area contributed by atoms with Gasteiger partial charge in [0.2, 0.25) is 0 Å². The van der Waals surface area contributed by atoms with Gasteiger partial charge in [0.15, 0.2) is 0 Å². The maximum Gasteiger partial charge on any atom is 0.150 e. The highest BCUT2D eigenvalue weighted by atomic mass is 19.1. The highest BCUT2D eigenvalue weighted by Crippen LogP contribution is 2.27. The lowest BCUT2D eigenvalue weighted by Gasteiger charge is -2.08. The summed E-state index contributed by atoms with van der Waals surface area (Å²) >= 11 is 0. The minimum absolute atomic E-state index is 0.270. The zero-order valence-corrected chi connectivity index (χ0v) is 8.91. The van der Waals surface area contributed by atoms with Crippen molar-refractivity contribution in [1.29, 1.82) is 0 Å². The van der Waals surface area contributed by atoms with E-state index >= 15 is 0 Å². The molecule has 0 radical (unpaired) electrons. The molecule has 2 aromatic carbocycles. The van der Waals surface area contributed by atoms with Crippen LogP contribution in [0.4, 0.5) is 4.39 Å². The number of hydrogen-bond donors (Lipinski definition) is 0. The summed E-state index contributed by atoms with van der Waals surface area (Å²) in [6, 6.07) is 11.9. The third kappa shape index (κ3) is 1.74. The lowest BCUT2D eigenvalue weighted by molar-refractivity contribution is 0.112. The largest absolute Gasteiger partial charge is 0.298 e. The summed E-state index contributed by atoms with van der Waals surface area (Å²) in [5.41, 5.74) is 2.70. The highest BCUT2D eigenvalue weighted by Gasteiger charge is 2.08. The van der Waals surface area contributed by atoms with Crippen molar-refractivity contribution in [3.8, 4) is 11.1 Å². The average Bonchev–Trinajstić information content (AvgIpc) is 2.31. The molecule has 2 heteroatoms. The average molecular weight is 214 g/mol. The van der Waals surface area contributed by atoms with Crippen LogP contribution in [0, 0.1) is 12.7 Å². The van der Waals surface area contributed by atoms with Gasteiger partial charge in [-0.2, -0.15) is 0 Å². The van der Waals surface area contributed by atoms with Gasteiger partial charge in [-0.05, 0) is 24.1 Å². The molecular formula is C14H11FO. The Hall–Kier alpha value is -1.96. The van der Waals surface area contributed by atoms with Gasteiger partial charge < -0.3 is 0 Å². The first-order valence-corrected chi connectivity index (χ1v) is 5.03. The number of carbonyl (C=O) groups is 1. The highest BCUT2D eigenvalue weighted by molar-refractivity contribution is 5.82. The molecule has 0 aliphatic rings. The maximum atomic E-state index is 13.6. The second-order valence-electron chi connectivity index (χ2n) is 3.62. The molecule has 80 valence electrons. The summed E-state index contributed by atoms with van der Waals surface area (Å²) in [7, 11) is 0. The molecule has 0 aliphatic heterocycles. The van der Waals surface area contributed by atoms with E-state index in [-0.39, 0.29) is 5.82 Å². The Morgan fingerprint density at radius 1 is 1.00 bits per heavy atom. The van der Waals surface area contributed by atoms with E-state index in [1.807, 2.05) is 13.0 Å². The molecule has 0 heterocycles. The molecule has 0 spiro atoms. The van der Waals surface area contributed by atoms with E-state index < -0.39 is 0 Å². The van der Waals surface area contributed by atoms with Crippen molar-refractivity contribution >= 4 is 6.29 Å². The minimum Gasteiger partial charge on any atom is -0.298 e. The van der Waals surface area contributed by atoms with Crippen molar-refractivity contribution in [3.63, 3.8) is 0 Å². The van der Waals surface area contributed by atoms with E-state index in [0.29, 0.717) is 11.1 Å². The van der Waals surface area contributed by atoms with Gasteiger partial charge in [-0.25, -0.2) is 4.39 Å². The number of hydrogen-bond acceptors (Lipinski definition) is 1. The summed E-state index contributed by atoms with van der Waals surface area (Å²) < 4.78 is 13.6. The standard InChI is InChI=1S/C14H11FO/c1-10-11(9-16)5-4-7-12(10)13-6-2-3-8-14(13)15/h2-9H,1H3. The Labute approximate surface area is 93.5 Å². The quantitative estimate of drug-likeness (QED) is 0.698. The van der Waals surface area contributed by atoms with Crippen LogP contribution in [-0.2, 0) is 0 Å². The van der Waals surface area contributed by atoms with Crippen molar-refractivity contribution in [2.24, 2.45) is 0 Å². The molecule has 0 saturated heterocycles. The SMILES string of the molecule is Cc1c(C=O)cccc1-c1ccccc1F. The third-order valence-corrected chi connectivity index (χ3v) is 2.67. The summed E-state index contributed by atoms with van der Waals surface area (Å²) in [5.74, 6) is -0.270. The molecule has 0 atom stereocenters. The zero-order chi connectivity index (χ0) is 11.5. The Morgan fingerprint density at radius 3 is 2.38 bits per heavy atom.